The van der Waals surface area contributed by atoms with Crippen molar-refractivity contribution < 1.29 is 9.13 Å². The predicted octanol–water partition coefficient (Wildman–Crippen LogP) is 3.95. The number of hydrogen-bond donors (Lipinski definition) is 1. The Morgan fingerprint density at radius 1 is 1.10 bits per heavy atom. The first-order valence-electron chi connectivity index (χ1n) is 7.25. The van der Waals surface area contributed by atoms with Gasteiger partial charge in [0.15, 0.2) is 0 Å². The summed E-state index contributed by atoms with van der Waals surface area (Å²) < 4.78 is 19.0. The fourth-order valence-corrected chi connectivity index (χ4v) is 2.30. The minimum Gasteiger partial charge on any atom is -0.494 e. The average molecular weight is 287 g/mol. The van der Waals surface area contributed by atoms with Gasteiger partial charge in [0.25, 0.3) is 0 Å². The van der Waals surface area contributed by atoms with Crippen LogP contribution in [0, 0.1) is 19.7 Å². The molecule has 1 atom stereocenters. The van der Waals surface area contributed by atoms with Crippen molar-refractivity contribution in [1.82, 2.24) is 0 Å². The molecule has 2 aromatic carbocycles. The zero-order valence-corrected chi connectivity index (χ0v) is 12.6. The van der Waals surface area contributed by atoms with Crippen molar-refractivity contribution in [2.45, 2.75) is 26.2 Å². The second-order valence-corrected chi connectivity index (χ2v) is 5.37. The molecule has 0 aromatic heterocycles. The summed E-state index contributed by atoms with van der Waals surface area (Å²) in [4.78, 5) is 0. The van der Waals surface area contributed by atoms with Crippen LogP contribution in [0.2, 0.25) is 0 Å². The van der Waals surface area contributed by atoms with Gasteiger partial charge in [-0.2, -0.15) is 0 Å². The molecule has 0 aliphatic heterocycles. The lowest BCUT2D eigenvalue weighted by atomic mass is 9.96. The minimum atomic E-state index is -0.221. The highest BCUT2D eigenvalue weighted by Gasteiger charge is 2.10. The second kappa shape index (κ2) is 7.23. The Bertz CT molecular complexity index is 598. The van der Waals surface area contributed by atoms with E-state index >= 15 is 0 Å². The van der Waals surface area contributed by atoms with Gasteiger partial charge < -0.3 is 10.5 Å². The Morgan fingerprint density at radius 3 is 2.57 bits per heavy atom. The van der Waals surface area contributed by atoms with E-state index in [1.54, 1.807) is 12.1 Å². The van der Waals surface area contributed by atoms with Crippen LogP contribution in [0.5, 0.6) is 5.75 Å². The van der Waals surface area contributed by atoms with Gasteiger partial charge in [-0.1, -0.05) is 18.2 Å². The van der Waals surface area contributed by atoms with Crippen molar-refractivity contribution >= 4 is 0 Å². The van der Waals surface area contributed by atoms with Crippen LogP contribution in [0.1, 0.15) is 29.0 Å². The van der Waals surface area contributed by atoms with Gasteiger partial charge in [0.1, 0.15) is 11.6 Å². The first-order chi connectivity index (χ1) is 10.1. The lowest BCUT2D eigenvalue weighted by molar-refractivity contribution is 0.298. The number of nitrogens with two attached hydrogens (primary N) is 1. The molecular weight excluding hydrogens is 265 g/mol. The van der Waals surface area contributed by atoms with E-state index in [4.69, 9.17) is 10.5 Å². The molecule has 1 unspecified atom stereocenters. The van der Waals surface area contributed by atoms with E-state index < -0.39 is 0 Å². The van der Waals surface area contributed by atoms with E-state index in [9.17, 15) is 4.39 Å². The minimum absolute atomic E-state index is 0.118. The SMILES string of the molecule is Cc1ccc(OCCC(CN)c2cccc(F)c2)cc1C. The maximum absolute atomic E-state index is 13.3. The quantitative estimate of drug-likeness (QED) is 0.873. The standard InChI is InChI=1S/C18H22FNO/c1-13-6-7-18(10-14(13)2)21-9-8-16(12-20)15-4-3-5-17(19)11-15/h3-7,10-11,16H,8-9,12,20H2,1-2H3. The lowest BCUT2D eigenvalue weighted by Gasteiger charge is -2.16. The molecule has 112 valence electrons. The summed E-state index contributed by atoms with van der Waals surface area (Å²) in [6.07, 6.45) is 0.771. The Morgan fingerprint density at radius 2 is 1.90 bits per heavy atom. The van der Waals surface area contributed by atoms with Gasteiger partial charge in [-0.3, -0.25) is 0 Å². The van der Waals surface area contributed by atoms with Crippen LogP contribution in [0.25, 0.3) is 0 Å². The zero-order chi connectivity index (χ0) is 15.2. The van der Waals surface area contributed by atoms with Crippen molar-refractivity contribution in [3.8, 4) is 5.75 Å². The third kappa shape index (κ3) is 4.30. The molecule has 0 bridgehead atoms. The number of hydrogen-bond acceptors (Lipinski definition) is 2. The Kier molecular flexibility index (Phi) is 5.34. The summed E-state index contributed by atoms with van der Waals surface area (Å²) >= 11 is 0. The monoisotopic (exact) mass is 287 g/mol. The smallest absolute Gasteiger partial charge is 0.123 e. The van der Waals surface area contributed by atoms with Crippen molar-refractivity contribution in [2.75, 3.05) is 13.2 Å². The number of halogens is 1. The van der Waals surface area contributed by atoms with Gasteiger partial charge in [-0.15, -0.1) is 0 Å². The van der Waals surface area contributed by atoms with E-state index in [0.29, 0.717) is 13.2 Å². The largest absolute Gasteiger partial charge is 0.494 e. The first-order valence-corrected chi connectivity index (χ1v) is 7.25. The lowest BCUT2D eigenvalue weighted by Crippen LogP contribution is -2.15. The molecule has 0 amide bonds. The molecule has 2 nitrogen and oxygen atoms in total. The average Bonchev–Trinajstić information content (AvgIpc) is 2.47. The highest BCUT2D eigenvalue weighted by Crippen LogP contribution is 2.21. The summed E-state index contributed by atoms with van der Waals surface area (Å²) in [5, 5.41) is 0. The molecule has 0 saturated carbocycles. The fourth-order valence-electron chi connectivity index (χ4n) is 2.30. The van der Waals surface area contributed by atoms with Gasteiger partial charge in [0.2, 0.25) is 0 Å². The highest BCUT2D eigenvalue weighted by molar-refractivity contribution is 5.33. The molecule has 0 aliphatic carbocycles. The van der Waals surface area contributed by atoms with E-state index in [0.717, 1.165) is 17.7 Å². The summed E-state index contributed by atoms with van der Waals surface area (Å²) in [7, 11) is 0. The molecule has 0 radical (unpaired) electrons. The molecule has 2 aromatic rings. The van der Waals surface area contributed by atoms with Gasteiger partial charge in [0, 0.05) is 0 Å². The van der Waals surface area contributed by atoms with Crippen molar-refractivity contribution in [3.63, 3.8) is 0 Å². The number of aryl methyl sites for hydroxylation is 2. The topological polar surface area (TPSA) is 35.2 Å². The molecule has 2 N–H and O–H groups in total. The van der Waals surface area contributed by atoms with Crippen LogP contribution in [-0.2, 0) is 0 Å². The highest BCUT2D eigenvalue weighted by atomic mass is 19.1. The molecule has 0 heterocycles. The molecule has 0 spiro atoms. The summed E-state index contributed by atoms with van der Waals surface area (Å²) in [5.74, 6) is 0.765. The number of rotatable bonds is 6. The van der Waals surface area contributed by atoms with E-state index in [1.807, 2.05) is 18.2 Å². The van der Waals surface area contributed by atoms with Crippen LogP contribution >= 0.6 is 0 Å². The third-order valence-corrected chi connectivity index (χ3v) is 3.82. The molecular formula is C18H22FNO. The Labute approximate surface area is 125 Å². The van der Waals surface area contributed by atoms with Crippen LogP contribution in [0.3, 0.4) is 0 Å². The van der Waals surface area contributed by atoms with Crippen LogP contribution in [0.4, 0.5) is 4.39 Å². The maximum Gasteiger partial charge on any atom is 0.123 e. The van der Waals surface area contributed by atoms with Crippen LogP contribution in [-0.4, -0.2) is 13.2 Å². The molecule has 0 saturated heterocycles. The third-order valence-electron chi connectivity index (χ3n) is 3.82. The van der Waals surface area contributed by atoms with Crippen molar-refractivity contribution in [3.05, 3.63) is 65.0 Å². The Balaban J connectivity index is 1.93. The van der Waals surface area contributed by atoms with Gasteiger partial charge >= 0.3 is 0 Å². The Hall–Kier alpha value is -1.87. The van der Waals surface area contributed by atoms with E-state index in [1.165, 1.54) is 17.2 Å². The summed E-state index contributed by atoms with van der Waals surface area (Å²) in [6, 6.07) is 12.7. The molecule has 3 heteroatoms. The van der Waals surface area contributed by atoms with Crippen LogP contribution in [0.15, 0.2) is 42.5 Å². The van der Waals surface area contributed by atoms with Crippen LogP contribution < -0.4 is 10.5 Å². The van der Waals surface area contributed by atoms with Gasteiger partial charge in [-0.25, -0.2) is 4.39 Å². The molecule has 2 rings (SSSR count). The molecule has 0 aliphatic rings. The van der Waals surface area contributed by atoms with Crippen molar-refractivity contribution in [2.24, 2.45) is 5.73 Å². The van der Waals surface area contributed by atoms with Gasteiger partial charge in [0.05, 0.1) is 6.61 Å². The van der Waals surface area contributed by atoms with Gasteiger partial charge in [-0.05, 0) is 73.7 Å². The fraction of sp³-hybridized carbons (Fsp3) is 0.333. The second-order valence-electron chi connectivity index (χ2n) is 5.37. The molecule has 0 fully saturated rings. The summed E-state index contributed by atoms with van der Waals surface area (Å²) in [5.41, 5.74) is 9.20. The zero-order valence-electron chi connectivity index (χ0n) is 12.6. The first kappa shape index (κ1) is 15.5. The van der Waals surface area contributed by atoms with E-state index in [-0.39, 0.29) is 11.7 Å². The number of ether oxygens (including phenoxy) is 1. The summed E-state index contributed by atoms with van der Waals surface area (Å²) in [6.45, 7) is 5.20. The maximum atomic E-state index is 13.3. The normalized spacial score (nSPS) is 12.2. The number of benzene rings is 2. The molecule has 21 heavy (non-hydrogen) atoms. The predicted molar refractivity (Wildman–Crippen MR) is 84.2 cm³/mol. The van der Waals surface area contributed by atoms with E-state index in [2.05, 4.69) is 19.9 Å². The van der Waals surface area contributed by atoms with Crippen molar-refractivity contribution in [1.29, 1.82) is 0 Å².